The molecular formula is C32H42N2O4. The van der Waals surface area contributed by atoms with Crippen molar-refractivity contribution in [2.24, 2.45) is 0 Å². The lowest BCUT2D eigenvalue weighted by Gasteiger charge is -2.26. The third kappa shape index (κ3) is 9.21. The lowest BCUT2D eigenvalue weighted by atomic mass is 10.1. The first kappa shape index (κ1) is 28.2. The standard InChI is InChI=1S/C32H42N2O4/c1-25-14-16-26(17-15-25)11-7-10-22-36-21-9-3-2-8-20-33-23-30(35)28-18-19-31-29(34-28)24-37-32(38-31)27-12-5-4-6-13-27/h4-6,12-19,30,32-33,35H,2-3,7-11,20-24H2,1H3. The second-order valence-corrected chi connectivity index (χ2v) is 10.0. The zero-order valence-corrected chi connectivity index (χ0v) is 22.6. The van der Waals surface area contributed by atoms with Crippen LogP contribution in [0.5, 0.6) is 5.75 Å². The quantitative estimate of drug-likeness (QED) is 0.219. The maximum Gasteiger partial charge on any atom is 0.227 e. The van der Waals surface area contributed by atoms with Crippen LogP contribution in [0.15, 0.2) is 66.7 Å². The smallest absolute Gasteiger partial charge is 0.227 e. The Hall–Kier alpha value is -2.77. The highest BCUT2D eigenvalue weighted by atomic mass is 16.7. The number of unbranched alkanes of at least 4 members (excludes halogenated alkanes) is 4. The van der Waals surface area contributed by atoms with Crippen molar-refractivity contribution in [1.82, 2.24) is 10.3 Å². The largest absolute Gasteiger partial charge is 0.459 e. The van der Waals surface area contributed by atoms with Crippen LogP contribution in [0.3, 0.4) is 0 Å². The van der Waals surface area contributed by atoms with E-state index in [1.165, 1.54) is 24.0 Å². The van der Waals surface area contributed by atoms with Gasteiger partial charge in [-0.2, -0.15) is 0 Å². The highest BCUT2D eigenvalue weighted by Gasteiger charge is 2.24. The van der Waals surface area contributed by atoms with Gasteiger partial charge in [-0.1, -0.05) is 73.0 Å². The molecule has 2 unspecified atom stereocenters. The van der Waals surface area contributed by atoms with Crippen LogP contribution in [-0.4, -0.2) is 36.4 Å². The predicted molar refractivity (Wildman–Crippen MR) is 150 cm³/mol. The average molecular weight is 519 g/mol. The Morgan fingerprint density at radius 2 is 1.68 bits per heavy atom. The van der Waals surface area contributed by atoms with Gasteiger partial charge in [-0.25, -0.2) is 4.98 Å². The Bertz CT molecular complexity index is 1070. The van der Waals surface area contributed by atoms with Gasteiger partial charge in [-0.3, -0.25) is 0 Å². The van der Waals surface area contributed by atoms with E-state index < -0.39 is 12.4 Å². The number of hydrogen-bond donors (Lipinski definition) is 2. The number of benzene rings is 2. The highest BCUT2D eigenvalue weighted by molar-refractivity contribution is 5.32. The summed E-state index contributed by atoms with van der Waals surface area (Å²) < 4.78 is 17.6. The van der Waals surface area contributed by atoms with Gasteiger partial charge in [-0.15, -0.1) is 0 Å². The molecule has 6 heteroatoms. The molecular weight excluding hydrogens is 476 g/mol. The molecule has 0 fully saturated rings. The molecule has 1 aliphatic rings. The summed E-state index contributed by atoms with van der Waals surface area (Å²) in [7, 11) is 0. The number of hydrogen-bond acceptors (Lipinski definition) is 6. The Labute approximate surface area is 227 Å². The van der Waals surface area contributed by atoms with Crippen molar-refractivity contribution < 1.29 is 19.3 Å². The van der Waals surface area contributed by atoms with Gasteiger partial charge in [-0.05, 0) is 63.3 Å². The molecule has 204 valence electrons. The molecule has 2 atom stereocenters. The summed E-state index contributed by atoms with van der Waals surface area (Å²) in [6.45, 7) is 5.55. The maximum absolute atomic E-state index is 10.6. The second-order valence-electron chi connectivity index (χ2n) is 10.0. The minimum absolute atomic E-state index is 0.361. The van der Waals surface area contributed by atoms with Gasteiger partial charge in [0.2, 0.25) is 6.29 Å². The lowest BCUT2D eigenvalue weighted by molar-refractivity contribution is -0.113. The van der Waals surface area contributed by atoms with Crippen LogP contribution in [0.1, 0.15) is 79.0 Å². The zero-order valence-electron chi connectivity index (χ0n) is 22.6. The van der Waals surface area contributed by atoms with Crippen molar-refractivity contribution >= 4 is 0 Å². The molecule has 2 heterocycles. The molecule has 4 rings (SSSR count). The number of nitrogens with one attached hydrogen (secondary N) is 1. The minimum atomic E-state index is -0.661. The predicted octanol–water partition coefficient (Wildman–Crippen LogP) is 6.22. The fourth-order valence-corrected chi connectivity index (χ4v) is 4.52. The SMILES string of the molecule is Cc1ccc(CCCCOCCCCCCNCC(O)c2ccc3c(n2)COC(c2ccccc2)O3)cc1. The van der Waals surface area contributed by atoms with Crippen molar-refractivity contribution in [3.05, 3.63) is 94.8 Å². The van der Waals surface area contributed by atoms with E-state index in [-0.39, 0.29) is 0 Å². The lowest BCUT2D eigenvalue weighted by Crippen LogP contribution is -2.24. The first-order chi connectivity index (χ1) is 18.7. The van der Waals surface area contributed by atoms with Crippen molar-refractivity contribution in [3.8, 4) is 5.75 Å². The number of ether oxygens (including phenoxy) is 3. The van der Waals surface area contributed by atoms with Crippen LogP contribution in [-0.2, 0) is 22.5 Å². The first-order valence-corrected chi connectivity index (χ1v) is 14.0. The van der Waals surface area contributed by atoms with Crippen molar-refractivity contribution in [1.29, 1.82) is 0 Å². The van der Waals surface area contributed by atoms with E-state index in [4.69, 9.17) is 14.2 Å². The van der Waals surface area contributed by atoms with Crippen LogP contribution in [0.4, 0.5) is 0 Å². The van der Waals surface area contributed by atoms with Gasteiger partial charge in [0.05, 0.1) is 12.3 Å². The Morgan fingerprint density at radius 3 is 2.50 bits per heavy atom. The molecule has 0 spiro atoms. The number of nitrogens with zero attached hydrogens (tertiary/aromatic N) is 1. The van der Waals surface area contributed by atoms with Crippen LogP contribution < -0.4 is 10.1 Å². The molecule has 2 N–H and O–H groups in total. The number of aryl methyl sites for hydroxylation is 2. The maximum atomic E-state index is 10.6. The van der Waals surface area contributed by atoms with Gasteiger partial charge >= 0.3 is 0 Å². The first-order valence-electron chi connectivity index (χ1n) is 14.0. The summed E-state index contributed by atoms with van der Waals surface area (Å²) in [5, 5.41) is 13.9. The van der Waals surface area contributed by atoms with E-state index in [0.29, 0.717) is 24.6 Å². The van der Waals surface area contributed by atoms with Crippen LogP contribution in [0, 0.1) is 6.92 Å². The number of aromatic nitrogens is 1. The number of aliphatic hydroxyl groups excluding tert-OH is 1. The van der Waals surface area contributed by atoms with Gasteiger partial charge in [0, 0.05) is 25.3 Å². The molecule has 1 aliphatic heterocycles. The number of pyridine rings is 1. The molecule has 0 aliphatic carbocycles. The molecule has 0 radical (unpaired) electrons. The fourth-order valence-electron chi connectivity index (χ4n) is 4.52. The molecule has 2 aromatic carbocycles. The van der Waals surface area contributed by atoms with E-state index in [1.54, 1.807) is 0 Å². The van der Waals surface area contributed by atoms with Crippen LogP contribution in [0.2, 0.25) is 0 Å². The van der Waals surface area contributed by atoms with Crippen molar-refractivity contribution in [2.45, 2.75) is 70.9 Å². The zero-order chi connectivity index (χ0) is 26.4. The Morgan fingerprint density at radius 1 is 0.921 bits per heavy atom. The second kappa shape index (κ2) is 15.6. The van der Waals surface area contributed by atoms with Crippen molar-refractivity contribution in [2.75, 3.05) is 26.3 Å². The average Bonchev–Trinajstić information content (AvgIpc) is 2.96. The van der Waals surface area contributed by atoms with E-state index in [2.05, 4.69) is 41.5 Å². The van der Waals surface area contributed by atoms with Crippen molar-refractivity contribution in [3.63, 3.8) is 0 Å². The third-order valence-corrected chi connectivity index (χ3v) is 6.83. The molecule has 6 nitrogen and oxygen atoms in total. The summed E-state index contributed by atoms with van der Waals surface area (Å²) in [4.78, 5) is 4.58. The summed E-state index contributed by atoms with van der Waals surface area (Å²) in [6, 6.07) is 22.4. The molecule has 3 aromatic rings. The summed E-state index contributed by atoms with van der Waals surface area (Å²) in [6.07, 6.45) is 6.86. The number of fused-ring (bicyclic) bond motifs is 1. The van der Waals surface area contributed by atoms with Gasteiger partial charge in [0.1, 0.15) is 17.5 Å². The topological polar surface area (TPSA) is 72.8 Å². The number of aliphatic hydroxyl groups is 1. The summed E-state index contributed by atoms with van der Waals surface area (Å²) in [5.74, 6) is 0.709. The highest BCUT2D eigenvalue weighted by Crippen LogP contribution is 2.32. The molecule has 38 heavy (non-hydrogen) atoms. The molecule has 0 saturated heterocycles. The minimum Gasteiger partial charge on any atom is -0.459 e. The summed E-state index contributed by atoms with van der Waals surface area (Å²) in [5.41, 5.74) is 5.07. The van der Waals surface area contributed by atoms with E-state index >= 15 is 0 Å². The number of rotatable bonds is 16. The Balaban J connectivity index is 1.00. The van der Waals surface area contributed by atoms with Crippen LogP contribution >= 0.6 is 0 Å². The fraction of sp³-hybridized carbons (Fsp3) is 0.469. The normalized spacial score (nSPS) is 15.6. The third-order valence-electron chi connectivity index (χ3n) is 6.83. The molecule has 0 bridgehead atoms. The summed E-state index contributed by atoms with van der Waals surface area (Å²) >= 11 is 0. The van der Waals surface area contributed by atoms with Gasteiger partial charge in [0.15, 0.2) is 0 Å². The van der Waals surface area contributed by atoms with Crippen LogP contribution in [0.25, 0.3) is 0 Å². The van der Waals surface area contributed by atoms with Gasteiger partial charge in [0.25, 0.3) is 0 Å². The molecule has 1 aromatic heterocycles. The monoisotopic (exact) mass is 518 g/mol. The van der Waals surface area contributed by atoms with E-state index in [9.17, 15) is 5.11 Å². The van der Waals surface area contributed by atoms with Gasteiger partial charge < -0.3 is 24.6 Å². The van der Waals surface area contributed by atoms with E-state index in [1.807, 2.05) is 42.5 Å². The Kier molecular flexibility index (Phi) is 11.6. The molecule has 0 saturated carbocycles. The molecule has 0 amide bonds. The van der Waals surface area contributed by atoms with E-state index in [0.717, 1.165) is 63.1 Å².